The fourth-order valence-corrected chi connectivity index (χ4v) is 8.81. The number of aliphatic hydroxyl groups excluding tert-OH is 1. The second kappa shape index (κ2) is 15.8. The number of hydrogen-bond donors (Lipinski definition) is 1. The van der Waals surface area contributed by atoms with E-state index in [1.54, 1.807) is 6.92 Å². The van der Waals surface area contributed by atoms with E-state index >= 15 is 0 Å². The Morgan fingerprint density at radius 2 is 1.38 bits per heavy atom. The van der Waals surface area contributed by atoms with Crippen molar-refractivity contribution in [3.63, 3.8) is 0 Å². The Bertz CT molecular complexity index is 470. The molecule has 0 aromatic heterocycles. The van der Waals surface area contributed by atoms with Gasteiger partial charge in [-0.1, -0.05) is 46.6 Å². The highest BCUT2D eigenvalue weighted by Gasteiger charge is 2.42. The second-order valence-electron chi connectivity index (χ2n) is 8.22. The third kappa shape index (κ3) is 11.7. The minimum atomic E-state index is -1.22. The molecule has 0 heterocycles. The molecule has 1 N–H and O–H groups in total. The van der Waals surface area contributed by atoms with Crippen LogP contribution in [0.1, 0.15) is 79.6 Å². The van der Waals surface area contributed by atoms with Gasteiger partial charge < -0.3 is 14.6 Å². The third-order valence-electron chi connectivity index (χ3n) is 5.46. The summed E-state index contributed by atoms with van der Waals surface area (Å²) in [4.78, 5) is 23.8. The molecule has 0 aromatic carbocycles. The molecular formula is C23H44O5P+. The van der Waals surface area contributed by atoms with Gasteiger partial charge >= 0.3 is 11.9 Å². The van der Waals surface area contributed by atoms with E-state index in [0.29, 0.717) is 12.1 Å². The molecule has 6 heteroatoms. The molecule has 0 rings (SSSR count). The normalized spacial score (nSPS) is 13.6. The van der Waals surface area contributed by atoms with Crippen molar-refractivity contribution < 1.29 is 24.2 Å². The standard InChI is InChI=1S/C23H44O5P/c1-7-10-13-29(14-11-8-2,15-12-9-3)20(6)16-22(25)27-17-21(24)18-28-23(26)19(4)5/h20-21,24H,4,7-18H2,1-3,5-6H3/q+1. The van der Waals surface area contributed by atoms with Crippen molar-refractivity contribution >= 4 is 19.2 Å². The molecule has 170 valence electrons. The molecule has 5 nitrogen and oxygen atoms in total. The molecule has 0 aliphatic carbocycles. The van der Waals surface area contributed by atoms with Crippen LogP contribution in [0.2, 0.25) is 0 Å². The summed E-state index contributed by atoms with van der Waals surface area (Å²) in [6.45, 7) is 13.6. The number of unbranched alkanes of at least 4 members (excludes halogenated alkanes) is 3. The van der Waals surface area contributed by atoms with Crippen molar-refractivity contribution in [2.45, 2.75) is 91.3 Å². The Balaban J connectivity index is 4.77. The highest BCUT2D eigenvalue weighted by molar-refractivity contribution is 7.76. The quantitative estimate of drug-likeness (QED) is 0.194. The molecule has 0 fully saturated rings. The molecule has 0 aliphatic rings. The van der Waals surface area contributed by atoms with Crippen molar-refractivity contribution in [1.82, 2.24) is 0 Å². The summed E-state index contributed by atoms with van der Waals surface area (Å²) in [7, 11) is -1.22. The van der Waals surface area contributed by atoms with Gasteiger partial charge in [0, 0.05) is 12.8 Å². The predicted molar refractivity (Wildman–Crippen MR) is 123 cm³/mol. The van der Waals surface area contributed by atoms with Crippen molar-refractivity contribution in [2.24, 2.45) is 0 Å². The average molecular weight is 432 g/mol. The summed E-state index contributed by atoms with van der Waals surface area (Å²) in [5, 5.41) is 9.89. The zero-order chi connectivity index (χ0) is 22.3. The van der Waals surface area contributed by atoms with Crippen molar-refractivity contribution in [3.05, 3.63) is 12.2 Å². The monoisotopic (exact) mass is 431 g/mol. The average Bonchev–Trinajstić information content (AvgIpc) is 2.69. The van der Waals surface area contributed by atoms with Gasteiger partial charge in [-0.15, -0.1) is 0 Å². The molecule has 2 unspecified atom stereocenters. The predicted octanol–water partition coefficient (Wildman–Crippen LogP) is 5.21. The van der Waals surface area contributed by atoms with Gasteiger partial charge in [0.05, 0.1) is 30.6 Å². The van der Waals surface area contributed by atoms with Crippen LogP contribution in [0.5, 0.6) is 0 Å². The van der Waals surface area contributed by atoms with Gasteiger partial charge in [0.1, 0.15) is 19.3 Å². The first-order chi connectivity index (χ1) is 13.7. The van der Waals surface area contributed by atoms with E-state index in [4.69, 9.17) is 9.47 Å². The van der Waals surface area contributed by atoms with Crippen LogP contribution in [0.25, 0.3) is 0 Å². The van der Waals surface area contributed by atoms with Crippen LogP contribution in [0.15, 0.2) is 12.2 Å². The second-order valence-corrected chi connectivity index (χ2v) is 12.9. The van der Waals surface area contributed by atoms with Crippen molar-refractivity contribution in [3.8, 4) is 0 Å². The van der Waals surface area contributed by atoms with Crippen LogP contribution < -0.4 is 0 Å². The fraction of sp³-hybridized carbons (Fsp3) is 0.826. The Kier molecular flexibility index (Phi) is 15.3. The molecule has 0 amide bonds. The van der Waals surface area contributed by atoms with E-state index in [2.05, 4.69) is 34.3 Å². The van der Waals surface area contributed by atoms with E-state index in [1.165, 1.54) is 57.0 Å². The van der Waals surface area contributed by atoms with Gasteiger partial charge in [-0.2, -0.15) is 0 Å². The van der Waals surface area contributed by atoms with Gasteiger partial charge in [-0.3, -0.25) is 4.79 Å². The smallest absolute Gasteiger partial charge is 0.333 e. The largest absolute Gasteiger partial charge is 0.463 e. The van der Waals surface area contributed by atoms with Crippen LogP contribution in [0.4, 0.5) is 0 Å². The van der Waals surface area contributed by atoms with Crippen LogP contribution >= 0.6 is 7.26 Å². The minimum Gasteiger partial charge on any atom is -0.463 e. The molecule has 0 bridgehead atoms. The maximum Gasteiger partial charge on any atom is 0.333 e. The molecule has 0 aromatic rings. The van der Waals surface area contributed by atoms with Crippen LogP contribution in [0, 0.1) is 0 Å². The first kappa shape index (κ1) is 28.1. The van der Waals surface area contributed by atoms with Gasteiger partial charge in [-0.05, 0) is 33.1 Å². The molecule has 2 atom stereocenters. The SMILES string of the molecule is C=C(C)C(=O)OCC(O)COC(=O)CC(C)[P+](CCCC)(CCCC)CCCC. The van der Waals surface area contributed by atoms with Crippen LogP contribution in [-0.2, 0) is 19.1 Å². The number of ether oxygens (including phenoxy) is 2. The summed E-state index contributed by atoms with van der Waals surface area (Å²) in [5.74, 6) is -0.821. The van der Waals surface area contributed by atoms with E-state index < -0.39 is 19.3 Å². The number of hydrogen-bond acceptors (Lipinski definition) is 5. The molecule has 0 saturated carbocycles. The number of carbonyl (C=O) groups is 2. The Labute approximate surface area is 179 Å². The van der Waals surface area contributed by atoms with Crippen molar-refractivity contribution in [2.75, 3.05) is 31.7 Å². The maximum absolute atomic E-state index is 12.4. The lowest BCUT2D eigenvalue weighted by atomic mass is 10.3. The fourth-order valence-electron chi connectivity index (χ4n) is 3.44. The van der Waals surface area contributed by atoms with E-state index in [9.17, 15) is 14.7 Å². The molecular weight excluding hydrogens is 387 g/mol. The summed E-state index contributed by atoms with van der Waals surface area (Å²) in [6.07, 6.45) is 10.4. The van der Waals surface area contributed by atoms with Crippen LogP contribution in [0.3, 0.4) is 0 Å². The highest BCUT2D eigenvalue weighted by Crippen LogP contribution is 2.65. The summed E-state index contributed by atoms with van der Waals surface area (Å²) in [5.41, 5.74) is 0.618. The Hall–Kier alpha value is -0.930. The topological polar surface area (TPSA) is 72.8 Å². The van der Waals surface area contributed by atoms with Crippen LogP contribution in [-0.4, -0.2) is 60.5 Å². The summed E-state index contributed by atoms with van der Waals surface area (Å²) in [6, 6.07) is 0. The zero-order valence-electron chi connectivity index (χ0n) is 19.4. The van der Waals surface area contributed by atoms with Gasteiger partial charge in [0.15, 0.2) is 0 Å². The molecule has 0 spiro atoms. The third-order valence-corrected chi connectivity index (χ3v) is 11.1. The lowest BCUT2D eigenvalue weighted by Gasteiger charge is -2.33. The van der Waals surface area contributed by atoms with E-state index in [0.717, 1.165) is 0 Å². The van der Waals surface area contributed by atoms with Gasteiger partial charge in [-0.25, -0.2) is 4.79 Å². The van der Waals surface area contributed by atoms with Crippen molar-refractivity contribution in [1.29, 1.82) is 0 Å². The minimum absolute atomic E-state index is 0.153. The lowest BCUT2D eigenvalue weighted by Crippen LogP contribution is -2.28. The number of aliphatic hydroxyl groups is 1. The first-order valence-electron chi connectivity index (χ1n) is 11.2. The zero-order valence-corrected chi connectivity index (χ0v) is 20.3. The highest BCUT2D eigenvalue weighted by atomic mass is 31.2. The number of esters is 2. The molecule has 0 aliphatic heterocycles. The Morgan fingerprint density at radius 1 is 0.931 bits per heavy atom. The molecule has 0 saturated heterocycles. The molecule has 29 heavy (non-hydrogen) atoms. The Morgan fingerprint density at radius 3 is 1.79 bits per heavy atom. The van der Waals surface area contributed by atoms with Gasteiger partial charge in [0.2, 0.25) is 0 Å². The summed E-state index contributed by atoms with van der Waals surface area (Å²) >= 11 is 0. The van der Waals surface area contributed by atoms with E-state index in [-0.39, 0.29) is 24.8 Å². The number of carbonyl (C=O) groups excluding carboxylic acids is 2. The van der Waals surface area contributed by atoms with E-state index in [1.807, 2.05) is 0 Å². The lowest BCUT2D eigenvalue weighted by molar-refractivity contribution is -0.150. The maximum atomic E-state index is 12.4. The molecule has 0 radical (unpaired) electrons. The van der Waals surface area contributed by atoms with Gasteiger partial charge in [0.25, 0.3) is 0 Å². The first-order valence-corrected chi connectivity index (χ1v) is 13.7. The summed E-state index contributed by atoms with van der Waals surface area (Å²) < 4.78 is 10.2. The number of rotatable bonds is 17.